The second kappa shape index (κ2) is 7.68. The summed E-state index contributed by atoms with van der Waals surface area (Å²) < 4.78 is 5.19. The fourth-order valence-electron chi connectivity index (χ4n) is 2.08. The average molecular weight is 259 g/mol. The number of piperazine rings is 1. The molecule has 6 heteroatoms. The minimum atomic E-state index is -0.541. The van der Waals surface area contributed by atoms with Gasteiger partial charge in [-0.25, -0.2) is 0 Å². The first kappa shape index (κ1) is 15.4. The van der Waals surface area contributed by atoms with E-state index in [2.05, 4.69) is 5.32 Å². The van der Waals surface area contributed by atoms with Gasteiger partial charge in [0.15, 0.2) is 0 Å². The molecule has 2 atom stereocenters. The summed E-state index contributed by atoms with van der Waals surface area (Å²) in [6.07, 6.45) is -0.541. The normalized spacial score (nSPS) is 22.8. The summed E-state index contributed by atoms with van der Waals surface area (Å²) in [7, 11) is 3.51. The topological polar surface area (TPSA) is 65.0 Å². The van der Waals surface area contributed by atoms with E-state index in [1.165, 1.54) is 0 Å². The van der Waals surface area contributed by atoms with E-state index in [0.717, 1.165) is 13.1 Å². The average Bonchev–Trinajstić information content (AvgIpc) is 2.36. The van der Waals surface area contributed by atoms with Crippen molar-refractivity contribution in [3.05, 3.63) is 0 Å². The fraction of sp³-hybridized carbons (Fsp3) is 0.917. The van der Waals surface area contributed by atoms with Gasteiger partial charge in [-0.15, -0.1) is 0 Å². The molecule has 6 nitrogen and oxygen atoms in total. The number of aliphatic hydroxyl groups excluding tert-OH is 1. The lowest BCUT2D eigenvalue weighted by atomic mass is 10.1. The van der Waals surface area contributed by atoms with Gasteiger partial charge in [0.25, 0.3) is 0 Å². The number of nitrogens with one attached hydrogen (secondary N) is 1. The van der Waals surface area contributed by atoms with Crippen LogP contribution in [-0.4, -0.2) is 86.4 Å². The van der Waals surface area contributed by atoms with Gasteiger partial charge >= 0.3 is 0 Å². The fourth-order valence-corrected chi connectivity index (χ4v) is 2.08. The summed E-state index contributed by atoms with van der Waals surface area (Å²) in [5, 5.41) is 13.1. The van der Waals surface area contributed by atoms with Crippen molar-refractivity contribution in [2.45, 2.75) is 19.1 Å². The summed E-state index contributed by atoms with van der Waals surface area (Å²) >= 11 is 0. The highest BCUT2D eigenvalue weighted by atomic mass is 16.5. The number of carbonyl (C=O) groups is 1. The van der Waals surface area contributed by atoms with Crippen LogP contribution in [0.15, 0.2) is 0 Å². The molecular weight excluding hydrogens is 234 g/mol. The second-order valence-electron chi connectivity index (χ2n) is 4.76. The van der Waals surface area contributed by atoms with E-state index in [1.54, 1.807) is 19.0 Å². The number of ether oxygens (including phenoxy) is 1. The Morgan fingerprint density at radius 2 is 2.33 bits per heavy atom. The van der Waals surface area contributed by atoms with Crippen LogP contribution in [0.5, 0.6) is 0 Å². The van der Waals surface area contributed by atoms with Crippen LogP contribution in [0, 0.1) is 0 Å². The zero-order valence-electron chi connectivity index (χ0n) is 11.6. The Kier molecular flexibility index (Phi) is 6.56. The van der Waals surface area contributed by atoms with Crippen LogP contribution in [0.3, 0.4) is 0 Å². The van der Waals surface area contributed by atoms with Gasteiger partial charge in [0.05, 0.1) is 12.7 Å². The molecule has 0 saturated carbocycles. The Hall–Kier alpha value is -0.690. The Morgan fingerprint density at radius 3 is 2.94 bits per heavy atom. The Bertz CT molecular complexity index is 261. The first-order chi connectivity index (χ1) is 8.56. The van der Waals surface area contributed by atoms with Gasteiger partial charge in [0.2, 0.25) is 5.91 Å². The van der Waals surface area contributed by atoms with Crippen molar-refractivity contribution in [1.29, 1.82) is 0 Å². The summed E-state index contributed by atoms with van der Waals surface area (Å²) in [4.78, 5) is 15.7. The lowest BCUT2D eigenvalue weighted by Crippen LogP contribution is -2.59. The van der Waals surface area contributed by atoms with E-state index >= 15 is 0 Å². The molecule has 0 bridgehead atoms. The number of nitrogens with zero attached hydrogens (tertiary/aromatic N) is 2. The maximum absolute atomic E-state index is 12.0. The summed E-state index contributed by atoms with van der Waals surface area (Å²) in [6.45, 7) is 5.55. The minimum Gasteiger partial charge on any atom is -0.389 e. The molecule has 1 heterocycles. The van der Waals surface area contributed by atoms with Crippen molar-refractivity contribution in [2.24, 2.45) is 0 Å². The molecule has 1 amide bonds. The number of carbonyl (C=O) groups excluding carboxylic acids is 1. The number of rotatable bonds is 6. The number of hydrogen-bond acceptors (Lipinski definition) is 5. The number of β-amino-alcohol motifs (C(OH)–C–C–N with tert-alkyl or cyclic N) is 1. The highest BCUT2D eigenvalue weighted by Gasteiger charge is 2.30. The molecule has 1 aliphatic rings. The molecule has 0 radical (unpaired) electrons. The van der Waals surface area contributed by atoms with E-state index in [-0.39, 0.29) is 11.9 Å². The standard InChI is InChI=1S/C12H25N3O3/c1-4-18-9-10(16)8-15-6-5-13-7-11(15)12(17)14(2)3/h10-11,13,16H,4-9H2,1-3H3. The van der Waals surface area contributed by atoms with Crippen LogP contribution in [0.1, 0.15) is 6.92 Å². The van der Waals surface area contributed by atoms with Gasteiger partial charge in [-0.2, -0.15) is 0 Å². The van der Waals surface area contributed by atoms with Crippen molar-refractivity contribution in [3.63, 3.8) is 0 Å². The Labute approximate surface area is 109 Å². The van der Waals surface area contributed by atoms with Crippen molar-refractivity contribution < 1.29 is 14.6 Å². The zero-order chi connectivity index (χ0) is 13.5. The monoisotopic (exact) mass is 259 g/mol. The summed E-state index contributed by atoms with van der Waals surface area (Å²) in [6, 6.07) is -0.190. The molecule has 0 spiro atoms. The van der Waals surface area contributed by atoms with E-state index in [9.17, 15) is 9.90 Å². The third kappa shape index (κ3) is 4.53. The van der Waals surface area contributed by atoms with E-state index in [1.807, 2.05) is 11.8 Å². The maximum atomic E-state index is 12.0. The molecule has 0 aromatic carbocycles. The smallest absolute Gasteiger partial charge is 0.240 e. The van der Waals surface area contributed by atoms with Crippen LogP contribution in [0.25, 0.3) is 0 Å². The molecule has 1 saturated heterocycles. The van der Waals surface area contributed by atoms with E-state index < -0.39 is 6.10 Å². The van der Waals surface area contributed by atoms with Gasteiger partial charge in [0, 0.05) is 46.9 Å². The molecule has 0 aliphatic carbocycles. The summed E-state index contributed by atoms with van der Waals surface area (Å²) in [5.41, 5.74) is 0. The molecule has 1 fully saturated rings. The molecule has 1 rings (SSSR count). The Morgan fingerprint density at radius 1 is 1.61 bits per heavy atom. The lowest BCUT2D eigenvalue weighted by molar-refractivity contribution is -0.135. The number of aliphatic hydroxyl groups is 1. The second-order valence-corrected chi connectivity index (χ2v) is 4.76. The first-order valence-corrected chi connectivity index (χ1v) is 6.48. The van der Waals surface area contributed by atoms with Crippen LogP contribution >= 0.6 is 0 Å². The predicted molar refractivity (Wildman–Crippen MR) is 69.4 cm³/mol. The molecule has 1 aliphatic heterocycles. The van der Waals surface area contributed by atoms with Crippen LogP contribution in [0.4, 0.5) is 0 Å². The van der Waals surface area contributed by atoms with E-state index in [0.29, 0.717) is 26.3 Å². The molecule has 106 valence electrons. The summed E-state index contributed by atoms with van der Waals surface area (Å²) in [5.74, 6) is 0.0748. The highest BCUT2D eigenvalue weighted by Crippen LogP contribution is 2.07. The molecule has 2 N–H and O–H groups in total. The molecule has 0 aromatic heterocycles. The highest BCUT2D eigenvalue weighted by molar-refractivity contribution is 5.81. The third-order valence-corrected chi connectivity index (χ3v) is 3.04. The SMILES string of the molecule is CCOCC(O)CN1CCNCC1C(=O)N(C)C. The van der Waals surface area contributed by atoms with Crippen LogP contribution in [-0.2, 0) is 9.53 Å². The minimum absolute atomic E-state index is 0.0748. The number of hydrogen-bond donors (Lipinski definition) is 2. The van der Waals surface area contributed by atoms with Crippen molar-refractivity contribution in [2.75, 3.05) is 53.5 Å². The van der Waals surface area contributed by atoms with Gasteiger partial charge in [0.1, 0.15) is 6.04 Å². The van der Waals surface area contributed by atoms with Gasteiger partial charge < -0.3 is 20.1 Å². The lowest BCUT2D eigenvalue weighted by Gasteiger charge is -2.37. The largest absolute Gasteiger partial charge is 0.389 e. The van der Waals surface area contributed by atoms with Crippen molar-refractivity contribution in [1.82, 2.24) is 15.1 Å². The predicted octanol–water partition coefficient (Wildman–Crippen LogP) is -1.25. The zero-order valence-corrected chi connectivity index (χ0v) is 11.6. The van der Waals surface area contributed by atoms with Gasteiger partial charge in [-0.1, -0.05) is 0 Å². The van der Waals surface area contributed by atoms with Crippen molar-refractivity contribution in [3.8, 4) is 0 Å². The number of likely N-dealkylation sites (N-methyl/N-ethyl adjacent to an activating group) is 1. The first-order valence-electron chi connectivity index (χ1n) is 6.48. The van der Waals surface area contributed by atoms with Gasteiger partial charge in [-0.05, 0) is 6.92 Å². The van der Waals surface area contributed by atoms with Gasteiger partial charge in [-0.3, -0.25) is 9.69 Å². The third-order valence-electron chi connectivity index (χ3n) is 3.04. The molecule has 18 heavy (non-hydrogen) atoms. The quantitative estimate of drug-likeness (QED) is 0.624. The molecular formula is C12H25N3O3. The number of amides is 1. The maximum Gasteiger partial charge on any atom is 0.240 e. The van der Waals surface area contributed by atoms with Crippen LogP contribution < -0.4 is 5.32 Å². The molecule has 2 unspecified atom stereocenters. The van der Waals surface area contributed by atoms with Crippen LogP contribution in [0.2, 0.25) is 0 Å². The molecule has 0 aromatic rings. The van der Waals surface area contributed by atoms with E-state index in [4.69, 9.17) is 4.74 Å². The Balaban J connectivity index is 2.51. The van der Waals surface area contributed by atoms with Crippen molar-refractivity contribution >= 4 is 5.91 Å².